The van der Waals surface area contributed by atoms with Gasteiger partial charge in [0.15, 0.2) is 5.78 Å². The standard InChI is InChI=1S/C26H36N4O4/c1-9-33-23-24(34-10-2)29-20-18(28-23)13-30(22(20)27)14-19(31)15-11-16(25(3,4)5)21(32)17(12-15)26(6,7)8/h11-12,27,32H,9-10,13-14H2,1-8H3. The van der Waals surface area contributed by atoms with Crippen LogP contribution in [0.15, 0.2) is 12.1 Å². The second-order valence-corrected chi connectivity index (χ2v) is 10.5. The lowest BCUT2D eigenvalue weighted by Gasteiger charge is -2.28. The molecule has 1 aromatic carbocycles. The Labute approximate surface area is 201 Å². The average Bonchev–Trinajstić information content (AvgIpc) is 3.01. The fourth-order valence-corrected chi connectivity index (χ4v) is 3.95. The van der Waals surface area contributed by atoms with Gasteiger partial charge in [-0.3, -0.25) is 10.2 Å². The van der Waals surface area contributed by atoms with E-state index in [1.165, 1.54) is 0 Å². The van der Waals surface area contributed by atoms with Crippen molar-refractivity contribution in [3.05, 3.63) is 40.2 Å². The van der Waals surface area contributed by atoms with Crippen LogP contribution in [0.2, 0.25) is 0 Å². The smallest absolute Gasteiger partial charge is 0.278 e. The molecule has 0 spiro atoms. The highest BCUT2D eigenvalue weighted by molar-refractivity contribution is 6.04. The monoisotopic (exact) mass is 468 g/mol. The summed E-state index contributed by atoms with van der Waals surface area (Å²) in [6.07, 6.45) is 0. The minimum Gasteiger partial charge on any atom is -0.507 e. The lowest BCUT2D eigenvalue weighted by atomic mass is 9.78. The van der Waals surface area contributed by atoms with E-state index in [2.05, 4.69) is 9.97 Å². The molecule has 34 heavy (non-hydrogen) atoms. The first-order valence-corrected chi connectivity index (χ1v) is 11.7. The SMILES string of the molecule is CCOc1nc2c(nc1OCC)C(=N)N(CC(=O)c1cc(C(C)(C)C)c(O)c(C(C)(C)C)c1)C2. The zero-order valence-corrected chi connectivity index (χ0v) is 21.5. The van der Waals surface area contributed by atoms with Crippen molar-refractivity contribution >= 4 is 11.6 Å². The lowest BCUT2D eigenvalue weighted by Crippen LogP contribution is -2.31. The molecule has 2 N–H and O–H groups in total. The number of rotatable bonds is 7. The molecule has 0 bridgehead atoms. The Morgan fingerprint density at radius 2 is 1.50 bits per heavy atom. The van der Waals surface area contributed by atoms with E-state index in [9.17, 15) is 9.90 Å². The van der Waals surface area contributed by atoms with Crippen molar-refractivity contribution in [2.45, 2.75) is 72.8 Å². The summed E-state index contributed by atoms with van der Waals surface area (Å²) in [6.45, 7) is 16.9. The molecular weight excluding hydrogens is 432 g/mol. The molecule has 0 amide bonds. The van der Waals surface area contributed by atoms with Gasteiger partial charge in [0.25, 0.3) is 11.8 Å². The molecule has 0 unspecified atom stereocenters. The van der Waals surface area contributed by atoms with Gasteiger partial charge in [0.05, 0.1) is 32.0 Å². The van der Waals surface area contributed by atoms with Crippen molar-refractivity contribution in [1.29, 1.82) is 5.41 Å². The number of phenols is 1. The predicted molar refractivity (Wildman–Crippen MR) is 131 cm³/mol. The number of nitrogens with one attached hydrogen (secondary N) is 1. The zero-order chi connectivity index (χ0) is 25.4. The third-order valence-corrected chi connectivity index (χ3v) is 5.73. The minimum atomic E-state index is -0.337. The number of phenolic OH excluding ortho intramolecular Hbond substituents is 1. The van der Waals surface area contributed by atoms with E-state index in [4.69, 9.17) is 14.9 Å². The van der Waals surface area contributed by atoms with Crippen LogP contribution in [0, 0.1) is 5.41 Å². The Kier molecular flexibility index (Phi) is 6.92. The van der Waals surface area contributed by atoms with Gasteiger partial charge in [-0.2, -0.15) is 0 Å². The summed E-state index contributed by atoms with van der Waals surface area (Å²) in [5.74, 6) is 0.781. The molecule has 184 valence electrons. The summed E-state index contributed by atoms with van der Waals surface area (Å²) in [5.41, 5.74) is 2.29. The number of carbonyl (C=O) groups excluding carboxylic acids is 1. The van der Waals surface area contributed by atoms with Crippen molar-refractivity contribution in [3.8, 4) is 17.5 Å². The van der Waals surface area contributed by atoms with E-state index in [1.54, 1.807) is 17.0 Å². The van der Waals surface area contributed by atoms with Gasteiger partial charge in [-0.15, -0.1) is 0 Å². The number of amidine groups is 1. The van der Waals surface area contributed by atoms with Crippen LogP contribution in [0.25, 0.3) is 0 Å². The van der Waals surface area contributed by atoms with Gasteiger partial charge < -0.3 is 19.5 Å². The van der Waals surface area contributed by atoms with Crippen LogP contribution in [0.3, 0.4) is 0 Å². The lowest BCUT2D eigenvalue weighted by molar-refractivity contribution is 0.0962. The van der Waals surface area contributed by atoms with Gasteiger partial charge in [-0.05, 0) is 36.8 Å². The molecular formula is C26H36N4O4. The predicted octanol–water partition coefficient (Wildman–Crippen LogP) is 4.60. The second-order valence-electron chi connectivity index (χ2n) is 10.5. The van der Waals surface area contributed by atoms with E-state index < -0.39 is 0 Å². The van der Waals surface area contributed by atoms with Gasteiger partial charge in [-0.25, -0.2) is 9.97 Å². The van der Waals surface area contributed by atoms with E-state index in [-0.39, 0.29) is 47.2 Å². The fourth-order valence-electron chi connectivity index (χ4n) is 3.95. The zero-order valence-electron chi connectivity index (χ0n) is 21.5. The highest BCUT2D eigenvalue weighted by Gasteiger charge is 2.33. The van der Waals surface area contributed by atoms with E-state index >= 15 is 0 Å². The van der Waals surface area contributed by atoms with Crippen LogP contribution in [0.1, 0.15) is 88.3 Å². The second kappa shape index (κ2) is 9.24. The van der Waals surface area contributed by atoms with Gasteiger partial charge in [0.2, 0.25) is 0 Å². The Bertz CT molecular complexity index is 1080. The molecule has 2 heterocycles. The first-order valence-electron chi connectivity index (χ1n) is 11.7. The normalized spacial score (nSPS) is 13.8. The van der Waals surface area contributed by atoms with Crippen LogP contribution in [0.5, 0.6) is 17.5 Å². The molecule has 0 aliphatic carbocycles. The van der Waals surface area contributed by atoms with Crippen molar-refractivity contribution in [1.82, 2.24) is 14.9 Å². The van der Waals surface area contributed by atoms with Crippen LogP contribution >= 0.6 is 0 Å². The first-order chi connectivity index (χ1) is 15.8. The summed E-state index contributed by atoms with van der Waals surface area (Å²) in [7, 11) is 0. The van der Waals surface area contributed by atoms with Crippen molar-refractivity contribution in [3.63, 3.8) is 0 Å². The topological polar surface area (TPSA) is 109 Å². The van der Waals surface area contributed by atoms with Crippen molar-refractivity contribution < 1.29 is 19.4 Å². The fraction of sp³-hybridized carbons (Fsp3) is 0.538. The number of hydrogen-bond acceptors (Lipinski definition) is 7. The molecule has 8 nitrogen and oxygen atoms in total. The summed E-state index contributed by atoms with van der Waals surface area (Å²) in [5, 5.41) is 19.6. The van der Waals surface area contributed by atoms with Crippen LogP contribution < -0.4 is 9.47 Å². The average molecular weight is 469 g/mol. The molecule has 0 saturated carbocycles. The van der Waals surface area contributed by atoms with Crippen molar-refractivity contribution in [2.75, 3.05) is 19.8 Å². The number of nitrogens with zero attached hydrogens (tertiary/aromatic N) is 3. The summed E-state index contributed by atoms with van der Waals surface area (Å²) in [6, 6.07) is 3.55. The van der Waals surface area contributed by atoms with Gasteiger partial charge in [0, 0.05) is 16.7 Å². The van der Waals surface area contributed by atoms with Gasteiger partial charge in [0.1, 0.15) is 17.3 Å². The number of Topliss-reactive ketones (excluding diaryl/α,β-unsaturated/α-hetero) is 1. The first kappa shape index (κ1) is 25.5. The number of aromatic nitrogens is 2. The number of ether oxygens (including phenoxy) is 2. The Balaban J connectivity index is 1.93. The number of aromatic hydroxyl groups is 1. The van der Waals surface area contributed by atoms with Gasteiger partial charge >= 0.3 is 0 Å². The maximum Gasteiger partial charge on any atom is 0.278 e. The highest BCUT2D eigenvalue weighted by atomic mass is 16.5. The molecule has 0 radical (unpaired) electrons. The maximum atomic E-state index is 13.4. The molecule has 1 aliphatic heterocycles. The molecule has 0 fully saturated rings. The molecule has 8 heteroatoms. The van der Waals surface area contributed by atoms with E-state index in [0.29, 0.717) is 36.0 Å². The third-order valence-electron chi connectivity index (χ3n) is 5.73. The minimum absolute atomic E-state index is 0.00273. The summed E-state index contributed by atoms with van der Waals surface area (Å²) < 4.78 is 11.1. The molecule has 0 saturated heterocycles. The molecule has 1 aromatic heterocycles. The number of benzene rings is 1. The number of ketones is 1. The molecule has 2 aromatic rings. The highest BCUT2D eigenvalue weighted by Crippen LogP contribution is 2.40. The Morgan fingerprint density at radius 1 is 1.00 bits per heavy atom. The van der Waals surface area contributed by atoms with E-state index in [1.807, 2.05) is 55.4 Å². The largest absolute Gasteiger partial charge is 0.507 e. The quantitative estimate of drug-likeness (QED) is 0.572. The van der Waals surface area contributed by atoms with E-state index in [0.717, 1.165) is 11.1 Å². The molecule has 1 aliphatic rings. The number of fused-ring (bicyclic) bond motifs is 1. The molecule has 0 atom stereocenters. The van der Waals surface area contributed by atoms with Crippen LogP contribution in [-0.4, -0.2) is 51.4 Å². The van der Waals surface area contributed by atoms with Crippen LogP contribution in [0.4, 0.5) is 0 Å². The Morgan fingerprint density at radius 3 is 1.97 bits per heavy atom. The Hall–Kier alpha value is -3.16. The number of carbonyl (C=O) groups is 1. The maximum absolute atomic E-state index is 13.4. The third kappa shape index (κ3) is 5.00. The summed E-state index contributed by atoms with van der Waals surface area (Å²) >= 11 is 0. The summed E-state index contributed by atoms with van der Waals surface area (Å²) in [4.78, 5) is 24.0. The van der Waals surface area contributed by atoms with Crippen molar-refractivity contribution in [2.24, 2.45) is 0 Å². The van der Waals surface area contributed by atoms with Gasteiger partial charge in [-0.1, -0.05) is 41.5 Å². The number of hydrogen-bond donors (Lipinski definition) is 2. The van der Waals surface area contributed by atoms with Crippen LogP contribution in [-0.2, 0) is 17.4 Å². The molecule has 3 rings (SSSR count).